The van der Waals surface area contributed by atoms with E-state index in [0.717, 1.165) is 30.4 Å². The molecule has 0 atom stereocenters. The van der Waals surface area contributed by atoms with Crippen molar-refractivity contribution in [2.24, 2.45) is 0 Å². The zero-order valence-electron chi connectivity index (χ0n) is 11.9. The molecule has 20 heavy (non-hydrogen) atoms. The number of nitro groups is 1. The van der Waals surface area contributed by atoms with Gasteiger partial charge in [-0.1, -0.05) is 0 Å². The van der Waals surface area contributed by atoms with Crippen LogP contribution in [-0.4, -0.2) is 18.1 Å². The molecule has 1 aliphatic rings. The van der Waals surface area contributed by atoms with E-state index in [4.69, 9.17) is 9.47 Å². The van der Waals surface area contributed by atoms with Crippen LogP contribution in [0.25, 0.3) is 5.70 Å². The molecule has 0 saturated carbocycles. The summed E-state index contributed by atoms with van der Waals surface area (Å²) in [4.78, 5) is 10.6. The van der Waals surface area contributed by atoms with E-state index in [9.17, 15) is 10.1 Å². The largest absolute Gasteiger partial charge is 0.490 e. The lowest BCUT2D eigenvalue weighted by Gasteiger charge is -2.17. The molecular formula is C15H19NO4. The number of benzene rings is 1. The van der Waals surface area contributed by atoms with Crippen molar-refractivity contribution >= 4 is 5.70 Å². The van der Waals surface area contributed by atoms with Gasteiger partial charge in [-0.2, -0.15) is 0 Å². The Morgan fingerprint density at radius 3 is 2.55 bits per heavy atom. The van der Waals surface area contributed by atoms with E-state index >= 15 is 0 Å². The number of ether oxygens (including phenoxy) is 2. The van der Waals surface area contributed by atoms with E-state index < -0.39 is 4.92 Å². The molecule has 0 N–H and O–H groups in total. The van der Waals surface area contributed by atoms with Crippen molar-refractivity contribution < 1.29 is 14.4 Å². The molecule has 1 aliphatic carbocycles. The molecule has 108 valence electrons. The van der Waals surface area contributed by atoms with Gasteiger partial charge in [-0.05, 0) is 51.3 Å². The summed E-state index contributed by atoms with van der Waals surface area (Å²) in [6.45, 7) is 8.23. The second kappa shape index (κ2) is 5.94. The van der Waals surface area contributed by atoms with E-state index in [-0.39, 0.29) is 5.70 Å². The van der Waals surface area contributed by atoms with Crippen LogP contribution in [0.1, 0.15) is 37.0 Å². The Labute approximate surface area is 118 Å². The summed E-state index contributed by atoms with van der Waals surface area (Å²) >= 11 is 0. The lowest BCUT2D eigenvalue weighted by Crippen LogP contribution is -2.07. The van der Waals surface area contributed by atoms with Crippen LogP contribution < -0.4 is 9.47 Å². The van der Waals surface area contributed by atoms with Crippen molar-refractivity contribution in [2.45, 2.75) is 33.1 Å². The molecule has 0 fully saturated rings. The molecule has 0 unspecified atom stereocenters. The second-order valence-corrected chi connectivity index (χ2v) is 4.64. The lowest BCUT2D eigenvalue weighted by molar-refractivity contribution is -0.375. The third-order valence-electron chi connectivity index (χ3n) is 3.41. The van der Waals surface area contributed by atoms with Crippen molar-refractivity contribution in [2.75, 3.05) is 13.2 Å². The molecule has 0 radical (unpaired) electrons. The first kappa shape index (κ1) is 14.4. The number of fused-ring (bicyclic) bond motifs is 1. The summed E-state index contributed by atoms with van der Waals surface area (Å²) in [5.74, 6) is 1.11. The first-order valence-electron chi connectivity index (χ1n) is 6.88. The number of rotatable bonds is 6. The number of hydrogen-bond donors (Lipinski definition) is 0. The Hall–Kier alpha value is -2.04. The Balaban J connectivity index is 2.63. The van der Waals surface area contributed by atoms with E-state index in [0.29, 0.717) is 30.3 Å². The van der Waals surface area contributed by atoms with Gasteiger partial charge >= 0.3 is 0 Å². The van der Waals surface area contributed by atoms with Gasteiger partial charge in [-0.25, -0.2) is 0 Å². The minimum Gasteiger partial charge on any atom is -0.490 e. The Kier molecular flexibility index (Phi) is 4.27. The summed E-state index contributed by atoms with van der Waals surface area (Å²) < 4.78 is 11.3. The maximum atomic E-state index is 11.0. The number of aryl methyl sites for hydroxylation is 1. The van der Waals surface area contributed by atoms with Crippen LogP contribution in [0, 0.1) is 10.1 Å². The summed E-state index contributed by atoms with van der Waals surface area (Å²) in [6, 6.07) is 1.83. The normalized spacial score (nSPS) is 12.9. The molecule has 0 aliphatic heterocycles. The quantitative estimate of drug-likeness (QED) is 0.591. The summed E-state index contributed by atoms with van der Waals surface area (Å²) in [7, 11) is 0. The molecule has 0 saturated heterocycles. The average molecular weight is 277 g/mol. The van der Waals surface area contributed by atoms with Crippen LogP contribution in [0.3, 0.4) is 0 Å². The van der Waals surface area contributed by atoms with Crippen LogP contribution in [0.2, 0.25) is 0 Å². The molecule has 0 bridgehead atoms. The van der Waals surface area contributed by atoms with Gasteiger partial charge in [0.25, 0.3) is 5.70 Å². The van der Waals surface area contributed by atoms with Crippen LogP contribution in [0.5, 0.6) is 11.5 Å². The highest BCUT2D eigenvalue weighted by Gasteiger charge is 2.28. The third kappa shape index (κ3) is 2.48. The fourth-order valence-electron chi connectivity index (χ4n) is 2.58. The highest BCUT2D eigenvalue weighted by Crippen LogP contribution is 2.43. The standard InChI is InChI=1S/C15H19NO4/c1-4-19-14-12-8-6-7-11(12)9-13(10(3)16(17)18)15(14)20-5-2/h9H,3-8H2,1-2H3. The van der Waals surface area contributed by atoms with Gasteiger partial charge in [0.2, 0.25) is 0 Å². The Morgan fingerprint density at radius 2 is 1.95 bits per heavy atom. The van der Waals surface area contributed by atoms with Crippen molar-refractivity contribution in [3.8, 4) is 11.5 Å². The zero-order valence-corrected chi connectivity index (χ0v) is 11.9. The minimum absolute atomic E-state index is 0.149. The fraction of sp³-hybridized carbons (Fsp3) is 0.467. The second-order valence-electron chi connectivity index (χ2n) is 4.64. The molecular weight excluding hydrogens is 258 g/mol. The van der Waals surface area contributed by atoms with Gasteiger partial charge in [0.05, 0.1) is 23.7 Å². The number of nitrogens with zero attached hydrogens (tertiary/aromatic N) is 1. The van der Waals surface area contributed by atoms with Crippen molar-refractivity contribution in [1.29, 1.82) is 0 Å². The minimum atomic E-state index is -0.477. The van der Waals surface area contributed by atoms with Gasteiger partial charge in [0.15, 0.2) is 11.5 Å². The highest BCUT2D eigenvalue weighted by atomic mass is 16.6. The van der Waals surface area contributed by atoms with E-state index in [1.165, 1.54) is 0 Å². The molecule has 5 heteroatoms. The molecule has 1 aromatic rings. The van der Waals surface area contributed by atoms with E-state index in [1.54, 1.807) is 0 Å². The Morgan fingerprint density at radius 1 is 1.30 bits per heavy atom. The van der Waals surface area contributed by atoms with Crippen molar-refractivity contribution in [1.82, 2.24) is 0 Å². The summed E-state index contributed by atoms with van der Waals surface area (Å²) in [5.41, 5.74) is 2.51. The van der Waals surface area contributed by atoms with E-state index in [2.05, 4.69) is 6.58 Å². The molecule has 0 heterocycles. The monoisotopic (exact) mass is 277 g/mol. The van der Waals surface area contributed by atoms with Crippen LogP contribution >= 0.6 is 0 Å². The topological polar surface area (TPSA) is 61.6 Å². The van der Waals surface area contributed by atoms with Gasteiger partial charge in [-0.15, -0.1) is 0 Å². The third-order valence-corrected chi connectivity index (χ3v) is 3.41. The summed E-state index contributed by atoms with van der Waals surface area (Å²) in [5, 5.41) is 11.0. The SMILES string of the molecule is C=C(c1cc2c(c(OCC)c1OCC)CCC2)[N+](=O)[O-]. The fourth-order valence-corrected chi connectivity index (χ4v) is 2.58. The van der Waals surface area contributed by atoms with Gasteiger partial charge in [0.1, 0.15) is 0 Å². The smallest absolute Gasteiger partial charge is 0.273 e. The molecule has 0 aromatic heterocycles. The maximum absolute atomic E-state index is 11.0. The van der Waals surface area contributed by atoms with Crippen LogP contribution in [0.15, 0.2) is 12.6 Å². The van der Waals surface area contributed by atoms with Crippen molar-refractivity contribution in [3.63, 3.8) is 0 Å². The van der Waals surface area contributed by atoms with Crippen LogP contribution in [-0.2, 0) is 12.8 Å². The van der Waals surface area contributed by atoms with Gasteiger partial charge in [0, 0.05) is 5.56 Å². The molecule has 2 rings (SSSR count). The predicted molar refractivity (Wildman–Crippen MR) is 76.8 cm³/mol. The highest BCUT2D eigenvalue weighted by molar-refractivity contribution is 5.70. The van der Waals surface area contributed by atoms with Crippen molar-refractivity contribution in [3.05, 3.63) is 39.4 Å². The maximum Gasteiger partial charge on any atom is 0.273 e. The summed E-state index contributed by atoms with van der Waals surface area (Å²) in [6.07, 6.45) is 2.88. The predicted octanol–water partition coefficient (Wildman–Crippen LogP) is 3.22. The first-order valence-corrected chi connectivity index (χ1v) is 6.88. The Bertz CT molecular complexity index is 551. The molecule has 0 spiro atoms. The molecule has 1 aromatic carbocycles. The van der Waals surface area contributed by atoms with Gasteiger partial charge in [-0.3, -0.25) is 10.1 Å². The van der Waals surface area contributed by atoms with E-state index in [1.807, 2.05) is 19.9 Å². The average Bonchev–Trinajstić information content (AvgIpc) is 2.88. The zero-order chi connectivity index (χ0) is 14.7. The first-order chi connectivity index (χ1) is 9.60. The van der Waals surface area contributed by atoms with Crippen LogP contribution in [0.4, 0.5) is 0 Å². The lowest BCUT2D eigenvalue weighted by atomic mass is 10.0. The molecule has 0 amide bonds. The molecule has 5 nitrogen and oxygen atoms in total. The number of hydrogen-bond acceptors (Lipinski definition) is 4. The van der Waals surface area contributed by atoms with Gasteiger partial charge < -0.3 is 9.47 Å².